The van der Waals surface area contributed by atoms with Gasteiger partial charge in [-0.15, -0.1) is 10.2 Å². The van der Waals surface area contributed by atoms with Gasteiger partial charge in [0.05, 0.1) is 4.90 Å². The predicted molar refractivity (Wildman–Crippen MR) is 100 cm³/mol. The van der Waals surface area contributed by atoms with Gasteiger partial charge in [0.15, 0.2) is 5.82 Å². The van der Waals surface area contributed by atoms with Crippen LogP contribution in [0.15, 0.2) is 59.5 Å². The summed E-state index contributed by atoms with van der Waals surface area (Å²) < 4.78 is 29.6. The molecule has 3 aromatic rings. The van der Waals surface area contributed by atoms with E-state index in [1.807, 2.05) is 12.1 Å². The molecule has 0 saturated carbocycles. The smallest absolute Gasteiger partial charge is 0.261 e. The first-order valence-electron chi connectivity index (χ1n) is 8.74. The second-order valence-corrected chi connectivity index (χ2v) is 8.08. The molecule has 1 N–H and O–H groups in total. The molecular formula is C19H20N4O2S. The van der Waals surface area contributed by atoms with E-state index in [1.165, 1.54) is 6.42 Å². The van der Waals surface area contributed by atoms with Crippen molar-refractivity contribution in [3.63, 3.8) is 0 Å². The summed E-state index contributed by atoms with van der Waals surface area (Å²) >= 11 is 0. The van der Waals surface area contributed by atoms with Gasteiger partial charge in [-0.3, -0.25) is 4.72 Å². The number of aromatic nitrogens is 3. The van der Waals surface area contributed by atoms with Crippen molar-refractivity contribution >= 4 is 15.7 Å². The highest BCUT2D eigenvalue weighted by Gasteiger charge is 2.17. The molecule has 1 aromatic heterocycles. The molecule has 2 heterocycles. The van der Waals surface area contributed by atoms with E-state index in [-0.39, 0.29) is 4.90 Å². The Labute approximate surface area is 153 Å². The minimum Gasteiger partial charge on any atom is -0.311 e. The number of sulfonamides is 1. The van der Waals surface area contributed by atoms with Crippen molar-refractivity contribution in [3.8, 4) is 11.4 Å². The van der Waals surface area contributed by atoms with Gasteiger partial charge in [0.2, 0.25) is 0 Å². The zero-order chi connectivity index (χ0) is 18.0. The fraction of sp³-hybridized carbons (Fsp3) is 0.263. The Kier molecular flexibility index (Phi) is 4.46. The van der Waals surface area contributed by atoms with Crippen molar-refractivity contribution in [1.29, 1.82) is 0 Å². The van der Waals surface area contributed by atoms with E-state index >= 15 is 0 Å². The maximum Gasteiger partial charge on any atom is 0.261 e. The molecule has 0 aliphatic carbocycles. The van der Waals surface area contributed by atoms with Crippen LogP contribution in [-0.2, 0) is 23.0 Å². The molecule has 26 heavy (non-hydrogen) atoms. The summed E-state index contributed by atoms with van der Waals surface area (Å²) in [7, 11) is -3.58. The van der Waals surface area contributed by atoms with Crippen LogP contribution in [-0.4, -0.2) is 23.2 Å². The molecule has 0 amide bonds. The number of fused-ring (bicyclic) bond motifs is 1. The summed E-state index contributed by atoms with van der Waals surface area (Å²) in [6.45, 7) is 0.931. The molecule has 0 spiro atoms. The number of nitrogens with one attached hydrogen (secondary N) is 1. The van der Waals surface area contributed by atoms with Gasteiger partial charge in [-0.25, -0.2) is 8.42 Å². The van der Waals surface area contributed by atoms with Gasteiger partial charge in [-0.1, -0.05) is 24.6 Å². The van der Waals surface area contributed by atoms with E-state index in [0.717, 1.165) is 43.0 Å². The minimum atomic E-state index is -3.58. The summed E-state index contributed by atoms with van der Waals surface area (Å²) in [5.41, 5.74) is 1.46. The summed E-state index contributed by atoms with van der Waals surface area (Å²) in [5, 5.41) is 8.65. The van der Waals surface area contributed by atoms with E-state index in [2.05, 4.69) is 19.5 Å². The lowest BCUT2D eigenvalue weighted by atomic mass is 10.2. The Bertz CT molecular complexity index is 996. The standard InChI is InChI=1S/C19H20N4O2S/c24-26(25,17-7-3-1-4-8-17)22-16-12-10-15(11-13-16)19-21-20-18-9-5-2-6-14-23(18)19/h1,3-4,7-8,10-13,22H,2,5-6,9,14H2. The Morgan fingerprint density at radius 2 is 1.65 bits per heavy atom. The van der Waals surface area contributed by atoms with Crippen LogP contribution in [0.1, 0.15) is 25.1 Å². The molecule has 134 valence electrons. The highest BCUT2D eigenvalue weighted by atomic mass is 32.2. The minimum absolute atomic E-state index is 0.242. The molecule has 1 aliphatic rings. The van der Waals surface area contributed by atoms with E-state index < -0.39 is 10.0 Å². The Hall–Kier alpha value is -2.67. The number of hydrogen-bond acceptors (Lipinski definition) is 4. The third kappa shape index (κ3) is 3.35. The first-order chi connectivity index (χ1) is 12.6. The third-order valence-electron chi connectivity index (χ3n) is 4.56. The highest BCUT2D eigenvalue weighted by Crippen LogP contribution is 2.24. The van der Waals surface area contributed by atoms with Gasteiger partial charge in [0.1, 0.15) is 5.82 Å². The lowest BCUT2D eigenvalue weighted by Crippen LogP contribution is -2.12. The highest BCUT2D eigenvalue weighted by molar-refractivity contribution is 7.92. The molecule has 0 atom stereocenters. The molecule has 6 nitrogen and oxygen atoms in total. The van der Waals surface area contributed by atoms with Gasteiger partial charge < -0.3 is 4.57 Å². The number of benzene rings is 2. The van der Waals surface area contributed by atoms with Crippen molar-refractivity contribution in [2.45, 2.75) is 37.1 Å². The molecule has 0 bridgehead atoms. The predicted octanol–water partition coefficient (Wildman–Crippen LogP) is 3.47. The molecule has 0 radical (unpaired) electrons. The van der Waals surface area contributed by atoms with Crippen LogP contribution in [0.3, 0.4) is 0 Å². The van der Waals surface area contributed by atoms with Crippen molar-refractivity contribution in [2.75, 3.05) is 4.72 Å². The largest absolute Gasteiger partial charge is 0.311 e. The van der Waals surface area contributed by atoms with Crippen LogP contribution < -0.4 is 4.72 Å². The second-order valence-electron chi connectivity index (χ2n) is 6.40. The van der Waals surface area contributed by atoms with E-state index in [4.69, 9.17) is 0 Å². The second kappa shape index (κ2) is 6.92. The number of rotatable bonds is 4. The maximum atomic E-state index is 12.4. The van der Waals surface area contributed by atoms with E-state index in [0.29, 0.717) is 5.69 Å². The fourth-order valence-corrected chi connectivity index (χ4v) is 4.28. The van der Waals surface area contributed by atoms with Gasteiger partial charge in [-0.05, 0) is 49.2 Å². The number of anilines is 1. The van der Waals surface area contributed by atoms with Crippen LogP contribution in [0.4, 0.5) is 5.69 Å². The van der Waals surface area contributed by atoms with Gasteiger partial charge >= 0.3 is 0 Å². The molecule has 0 saturated heterocycles. The summed E-state index contributed by atoms with van der Waals surface area (Å²) in [4.78, 5) is 0.242. The monoisotopic (exact) mass is 368 g/mol. The van der Waals surface area contributed by atoms with Crippen LogP contribution in [0.25, 0.3) is 11.4 Å². The Morgan fingerprint density at radius 1 is 0.885 bits per heavy atom. The summed E-state index contributed by atoms with van der Waals surface area (Å²) in [5.74, 6) is 1.88. The summed E-state index contributed by atoms with van der Waals surface area (Å²) in [6, 6.07) is 15.6. The molecular weight excluding hydrogens is 348 g/mol. The van der Waals surface area contributed by atoms with Crippen LogP contribution in [0.2, 0.25) is 0 Å². The van der Waals surface area contributed by atoms with Crippen molar-refractivity contribution < 1.29 is 8.42 Å². The molecule has 1 aliphatic heterocycles. The van der Waals surface area contributed by atoms with Crippen LogP contribution >= 0.6 is 0 Å². The zero-order valence-corrected chi connectivity index (χ0v) is 15.1. The van der Waals surface area contributed by atoms with Crippen LogP contribution in [0.5, 0.6) is 0 Å². The van der Waals surface area contributed by atoms with Gasteiger partial charge in [-0.2, -0.15) is 0 Å². The number of nitrogens with zero attached hydrogens (tertiary/aromatic N) is 3. The lowest BCUT2D eigenvalue weighted by Gasteiger charge is -2.10. The molecule has 4 rings (SSSR count). The lowest BCUT2D eigenvalue weighted by molar-refractivity contribution is 0.601. The maximum absolute atomic E-state index is 12.4. The van der Waals surface area contributed by atoms with Crippen molar-refractivity contribution in [3.05, 3.63) is 60.4 Å². The van der Waals surface area contributed by atoms with Crippen molar-refractivity contribution in [2.24, 2.45) is 0 Å². The molecule has 0 fully saturated rings. The quantitative estimate of drug-likeness (QED) is 0.765. The first kappa shape index (κ1) is 16.8. The first-order valence-corrected chi connectivity index (χ1v) is 10.2. The number of hydrogen-bond donors (Lipinski definition) is 1. The zero-order valence-electron chi connectivity index (χ0n) is 14.3. The Balaban J connectivity index is 1.57. The van der Waals surface area contributed by atoms with Crippen molar-refractivity contribution in [1.82, 2.24) is 14.8 Å². The molecule has 2 aromatic carbocycles. The van der Waals surface area contributed by atoms with E-state index in [9.17, 15) is 8.42 Å². The molecule has 7 heteroatoms. The van der Waals surface area contributed by atoms with Crippen LogP contribution in [0, 0.1) is 0 Å². The third-order valence-corrected chi connectivity index (χ3v) is 5.96. The Morgan fingerprint density at radius 3 is 2.42 bits per heavy atom. The van der Waals surface area contributed by atoms with Gasteiger partial charge in [0.25, 0.3) is 10.0 Å². The topological polar surface area (TPSA) is 76.9 Å². The number of aryl methyl sites for hydroxylation is 1. The average Bonchev–Trinajstić information content (AvgIpc) is 2.91. The summed E-state index contributed by atoms with van der Waals surface area (Å²) in [6.07, 6.45) is 4.45. The average molecular weight is 368 g/mol. The van der Waals surface area contributed by atoms with E-state index in [1.54, 1.807) is 42.5 Å². The fourth-order valence-electron chi connectivity index (χ4n) is 3.20. The SMILES string of the molecule is O=S(=O)(Nc1ccc(-c2nnc3n2CCCCC3)cc1)c1ccccc1. The van der Waals surface area contributed by atoms with Gasteiger partial charge in [0, 0.05) is 24.2 Å². The molecule has 0 unspecified atom stereocenters. The normalized spacial score (nSPS) is 14.5.